The van der Waals surface area contributed by atoms with Gasteiger partial charge in [-0.15, -0.1) is 0 Å². The summed E-state index contributed by atoms with van der Waals surface area (Å²) >= 11 is 3.17. The first kappa shape index (κ1) is 14.7. The Morgan fingerprint density at radius 3 is 2.68 bits per heavy atom. The van der Waals surface area contributed by atoms with E-state index in [-0.39, 0.29) is 23.4 Å². The molecule has 2 rings (SSSR count). The molecule has 1 unspecified atom stereocenters. The molecule has 0 aromatic heterocycles. The quantitative estimate of drug-likeness (QED) is 0.859. The Labute approximate surface area is 121 Å². The molecular formula is C13H14BrFO3S. The average molecular weight is 349 g/mol. The highest BCUT2D eigenvalue weighted by atomic mass is 79.9. The van der Waals surface area contributed by atoms with Crippen molar-refractivity contribution in [2.24, 2.45) is 5.41 Å². The second-order valence-electron chi connectivity index (χ2n) is 5.03. The van der Waals surface area contributed by atoms with Crippen molar-refractivity contribution >= 4 is 32.7 Å². The van der Waals surface area contributed by atoms with Gasteiger partial charge >= 0.3 is 5.97 Å². The Morgan fingerprint density at radius 2 is 2.16 bits per heavy atom. The summed E-state index contributed by atoms with van der Waals surface area (Å²) in [4.78, 5) is 10.7. The summed E-state index contributed by atoms with van der Waals surface area (Å²) in [5.74, 6) is -0.759. The van der Waals surface area contributed by atoms with Gasteiger partial charge in [-0.2, -0.15) is 0 Å². The van der Waals surface area contributed by atoms with E-state index >= 15 is 0 Å². The molecule has 1 N–H and O–H groups in total. The number of aliphatic carboxylic acids is 1. The van der Waals surface area contributed by atoms with Crippen LogP contribution in [-0.4, -0.2) is 21.0 Å². The van der Waals surface area contributed by atoms with Gasteiger partial charge in [-0.1, -0.05) is 22.0 Å². The third-order valence-corrected chi connectivity index (χ3v) is 5.34. The number of rotatable bonds is 6. The van der Waals surface area contributed by atoms with E-state index in [0.29, 0.717) is 15.8 Å². The third-order valence-electron chi connectivity index (χ3n) is 3.28. The molecule has 0 saturated heterocycles. The number of carboxylic acid groups (broad SMARTS) is 1. The van der Waals surface area contributed by atoms with Gasteiger partial charge < -0.3 is 5.11 Å². The number of hydrogen-bond acceptors (Lipinski definition) is 2. The molecule has 1 aliphatic rings. The van der Waals surface area contributed by atoms with Crippen molar-refractivity contribution in [3.63, 3.8) is 0 Å². The van der Waals surface area contributed by atoms with Gasteiger partial charge in [0, 0.05) is 26.6 Å². The number of carboxylic acids is 1. The summed E-state index contributed by atoms with van der Waals surface area (Å²) in [6.45, 7) is 0. The first-order valence-corrected chi connectivity index (χ1v) is 8.19. The summed E-state index contributed by atoms with van der Waals surface area (Å²) < 4.78 is 26.3. The summed E-state index contributed by atoms with van der Waals surface area (Å²) in [6, 6.07) is 4.66. The van der Waals surface area contributed by atoms with E-state index in [1.165, 1.54) is 6.07 Å². The molecule has 0 heterocycles. The van der Waals surface area contributed by atoms with E-state index in [9.17, 15) is 13.4 Å². The Balaban J connectivity index is 1.96. The molecule has 1 aromatic rings. The summed E-state index contributed by atoms with van der Waals surface area (Å²) in [6.07, 6.45) is 1.66. The third kappa shape index (κ3) is 4.11. The highest BCUT2D eigenvalue weighted by molar-refractivity contribution is 9.10. The Kier molecular flexibility index (Phi) is 4.40. The predicted octanol–water partition coefficient (Wildman–Crippen LogP) is 3.09. The zero-order valence-electron chi connectivity index (χ0n) is 10.2. The monoisotopic (exact) mass is 348 g/mol. The van der Waals surface area contributed by atoms with Crippen LogP contribution in [0, 0.1) is 11.2 Å². The van der Waals surface area contributed by atoms with Crippen LogP contribution in [0.5, 0.6) is 0 Å². The van der Waals surface area contributed by atoms with Gasteiger partial charge in [0.25, 0.3) is 0 Å². The lowest BCUT2D eigenvalue weighted by molar-refractivity contribution is -0.138. The highest BCUT2D eigenvalue weighted by Crippen LogP contribution is 2.49. The fraction of sp³-hybridized carbons (Fsp3) is 0.462. The van der Waals surface area contributed by atoms with Crippen LogP contribution in [0.2, 0.25) is 0 Å². The maximum Gasteiger partial charge on any atom is 0.303 e. The molecule has 0 amide bonds. The molecule has 3 nitrogen and oxygen atoms in total. The molecule has 104 valence electrons. The van der Waals surface area contributed by atoms with E-state index in [2.05, 4.69) is 15.9 Å². The van der Waals surface area contributed by atoms with E-state index in [1.54, 1.807) is 12.1 Å². The molecule has 1 atom stereocenters. The molecule has 1 aliphatic carbocycles. The SMILES string of the molecule is O=C(O)CC1(CS(=O)Cc2ccc(Br)cc2F)CC1. The molecule has 1 aromatic carbocycles. The van der Waals surface area contributed by atoms with Gasteiger partial charge in [0.05, 0.1) is 12.2 Å². The van der Waals surface area contributed by atoms with Gasteiger partial charge in [-0.05, 0) is 30.4 Å². The maximum atomic E-state index is 13.6. The Morgan fingerprint density at radius 1 is 1.47 bits per heavy atom. The lowest BCUT2D eigenvalue weighted by Gasteiger charge is -2.12. The van der Waals surface area contributed by atoms with E-state index in [4.69, 9.17) is 5.11 Å². The first-order valence-electron chi connectivity index (χ1n) is 5.91. The lowest BCUT2D eigenvalue weighted by Crippen LogP contribution is -2.17. The topological polar surface area (TPSA) is 54.4 Å². The van der Waals surface area contributed by atoms with E-state index < -0.39 is 16.8 Å². The Hall–Kier alpha value is -0.750. The van der Waals surface area contributed by atoms with Crippen LogP contribution in [0.3, 0.4) is 0 Å². The predicted molar refractivity (Wildman–Crippen MR) is 74.7 cm³/mol. The summed E-state index contributed by atoms with van der Waals surface area (Å²) in [7, 11) is -1.23. The minimum Gasteiger partial charge on any atom is -0.481 e. The van der Waals surface area contributed by atoms with Crippen LogP contribution in [0.25, 0.3) is 0 Å². The zero-order valence-corrected chi connectivity index (χ0v) is 12.6. The highest BCUT2D eigenvalue weighted by Gasteiger charge is 2.45. The average Bonchev–Trinajstić information content (AvgIpc) is 3.00. The summed E-state index contributed by atoms with van der Waals surface area (Å²) in [5, 5.41) is 8.80. The van der Waals surface area contributed by atoms with Gasteiger partial charge in [-0.25, -0.2) is 4.39 Å². The molecule has 1 fully saturated rings. The Bertz CT molecular complexity index is 529. The largest absolute Gasteiger partial charge is 0.481 e. The maximum absolute atomic E-state index is 13.6. The van der Waals surface area contributed by atoms with Crippen molar-refractivity contribution < 1.29 is 18.5 Å². The molecule has 19 heavy (non-hydrogen) atoms. The van der Waals surface area contributed by atoms with Crippen molar-refractivity contribution in [2.45, 2.75) is 25.0 Å². The van der Waals surface area contributed by atoms with Gasteiger partial charge in [0.2, 0.25) is 0 Å². The fourth-order valence-corrected chi connectivity index (χ4v) is 4.16. The molecule has 0 spiro atoms. The van der Waals surface area contributed by atoms with Crippen LogP contribution < -0.4 is 0 Å². The molecule has 0 bridgehead atoms. The lowest BCUT2D eigenvalue weighted by atomic mass is 10.1. The van der Waals surface area contributed by atoms with Crippen molar-refractivity contribution in [1.82, 2.24) is 0 Å². The molecule has 6 heteroatoms. The van der Waals surface area contributed by atoms with Crippen LogP contribution in [-0.2, 0) is 21.3 Å². The van der Waals surface area contributed by atoms with Crippen molar-refractivity contribution in [2.75, 3.05) is 5.75 Å². The first-order chi connectivity index (χ1) is 8.90. The van der Waals surface area contributed by atoms with E-state index in [0.717, 1.165) is 12.8 Å². The number of carbonyl (C=O) groups is 1. The van der Waals surface area contributed by atoms with Crippen LogP contribution in [0.1, 0.15) is 24.8 Å². The number of halogens is 2. The standard InChI is InChI=1S/C13H14BrFO3S/c14-10-2-1-9(11(15)5-10)7-19(18)8-13(3-4-13)6-12(16)17/h1-2,5H,3-4,6-8H2,(H,16,17). The van der Waals surface area contributed by atoms with Crippen molar-refractivity contribution in [3.05, 3.63) is 34.1 Å². The fourth-order valence-electron chi connectivity index (χ4n) is 2.07. The minimum absolute atomic E-state index is 0.0571. The normalized spacial score (nSPS) is 18.0. The molecule has 1 saturated carbocycles. The van der Waals surface area contributed by atoms with Crippen LogP contribution in [0.15, 0.2) is 22.7 Å². The molecular weight excluding hydrogens is 335 g/mol. The minimum atomic E-state index is -1.23. The van der Waals surface area contributed by atoms with Gasteiger partial charge in [-0.3, -0.25) is 9.00 Å². The molecule has 0 aliphatic heterocycles. The second kappa shape index (κ2) is 5.71. The van der Waals surface area contributed by atoms with Crippen molar-refractivity contribution in [3.8, 4) is 0 Å². The summed E-state index contributed by atoms with van der Waals surface area (Å²) in [5.41, 5.74) is 0.0929. The second-order valence-corrected chi connectivity index (χ2v) is 7.41. The zero-order chi connectivity index (χ0) is 14.0. The number of hydrogen-bond donors (Lipinski definition) is 1. The molecule has 0 radical (unpaired) electrons. The number of benzene rings is 1. The van der Waals surface area contributed by atoms with Crippen LogP contribution in [0.4, 0.5) is 4.39 Å². The van der Waals surface area contributed by atoms with Gasteiger partial charge in [0.15, 0.2) is 0 Å². The smallest absolute Gasteiger partial charge is 0.303 e. The van der Waals surface area contributed by atoms with Gasteiger partial charge in [0.1, 0.15) is 5.82 Å². The van der Waals surface area contributed by atoms with Crippen molar-refractivity contribution in [1.29, 1.82) is 0 Å². The van der Waals surface area contributed by atoms with Crippen LogP contribution >= 0.6 is 15.9 Å². The van der Waals surface area contributed by atoms with E-state index in [1.807, 2.05) is 0 Å².